The maximum atomic E-state index is 11.8. The molecule has 2 heteroatoms. The highest BCUT2D eigenvalue weighted by atomic mass is 16.1. The van der Waals surface area contributed by atoms with E-state index in [1.165, 1.54) is 44.9 Å². The summed E-state index contributed by atoms with van der Waals surface area (Å²) in [5.41, 5.74) is 0. The van der Waals surface area contributed by atoms with Crippen LogP contribution in [-0.2, 0) is 4.79 Å². The molecule has 106 valence electrons. The van der Waals surface area contributed by atoms with E-state index in [1.807, 2.05) is 0 Å². The zero-order chi connectivity index (χ0) is 13.4. The number of rotatable bonds is 8. The van der Waals surface area contributed by atoms with Gasteiger partial charge >= 0.3 is 0 Å². The number of ketones is 1. The second kappa shape index (κ2) is 8.68. The Morgan fingerprint density at radius 1 is 1.22 bits per heavy atom. The molecule has 1 aliphatic carbocycles. The van der Waals surface area contributed by atoms with Crippen LogP contribution in [0.1, 0.15) is 78.6 Å². The van der Waals surface area contributed by atoms with Crippen molar-refractivity contribution in [3.8, 4) is 0 Å². The number of hydrogen-bond acceptors (Lipinski definition) is 2. The summed E-state index contributed by atoms with van der Waals surface area (Å²) in [5, 5.41) is 3.60. The third kappa shape index (κ3) is 5.51. The highest BCUT2D eigenvalue weighted by Gasteiger charge is 2.23. The lowest BCUT2D eigenvalue weighted by atomic mass is 9.84. The van der Waals surface area contributed by atoms with Crippen molar-refractivity contribution < 1.29 is 4.79 Å². The van der Waals surface area contributed by atoms with Crippen LogP contribution in [0.4, 0.5) is 0 Å². The van der Waals surface area contributed by atoms with Crippen molar-refractivity contribution >= 4 is 5.78 Å². The van der Waals surface area contributed by atoms with Crippen molar-refractivity contribution in [3.05, 3.63) is 0 Å². The molecule has 0 amide bonds. The Morgan fingerprint density at radius 3 is 2.39 bits per heavy atom. The molecule has 2 nitrogen and oxygen atoms in total. The summed E-state index contributed by atoms with van der Waals surface area (Å²) in [6, 6.07) is 0.622. The first kappa shape index (κ1) is 15.7. The van der Waals surface area contributed by atoms with Gasteiger partial charge < -0.3 is 5.32 Å². The van der Waals surface area contributed by atoms with Crippen molar-refractivity contribution in [2.75, 3.05) is 0 Å². The van der Waals surface area contributed by atoms with Crippen LogP contribution in [-0.4, -0.2) is 17.9 Å². The van der Waals surface area contributed by atoms with E-state index in [4.69, 9.17) is 0 Å². The molecule has 1 saturated carbocycles. The van der Waals surface area contributed by atoms with E-state index >= 15 is 0 Å². The highest BCUT2D eigenvalue weighted by Crippen LogP contribution is 2.27. The molecule has 1 unspecified atom stereocenters. The third-order valence-electron chi connectivity index (χ3n) is 4.35. The Kier molecular flexibility index (Phi) is 7.57. The molecule has 0 radical (unpaired) electrons. The van der Waals surface area contributed by atoms with Gasteiger partial charge in [0.05, 0.1) is 6.04 Å². The van der Waals surface area contributed by atoms with Gasteiger partial charge in [0.25, 0.3) is 0 Å². The zero-order valence-corrected chi connectivity index (χ0v) is 12.5. The van der Waals surface area contributed by atoms with E-state index < -0.39 is 0 Å². The smallest absolute Gasteiger partial charge is 0.146 e. The molecule has 18 heavy (non-hydrogen) atoms. The molecule has 1 rings (SSSR count). The Morgan fingerprint density at radius 2 is 1.89 bits per heavy atom. The molecule has 2 atom stereocenters. The van der Waals surface area contributed by atoms with E-state index in [0.29, 0.717) is 11.8 Å². The standard InChI is InChI=1S/C16H31NO/c1-4-9-15(5-2)17-16(13(3)18)12-14-10-7-6-8-11-14/h14-17H,4-12H2,1-3H3/t15?,16-/m1/s1. The molecule has 0 bridgehead atoms. The number of hydrogen-bond donors (Lipinski definition) is 1. The van der Waals surface area contributed by atoms with Gasteiger partial charge in [-0.2, -0.15) is 0 Å². The van der Waals surface area contributed by atoms with Gasteiger partial charge in [-0.3, -0.25) is 4.79 Å². The van der Waals surface area contributed by atoms with Gasteiger partial charge in [0, 0.05) is 6.04 Å². The molecule has 0 spiro atoms. The molecule has 0 aromatic carbocycles. The van der Waals surface area contributed by atoms with E-state index in [9.17, 15) is 4.79 Å². The Labute approximate surface area is 113 Å². The van der Waals surface area contributed by atoms with Gasteiger partial charge in [0.1, 0.15) is 5.78 Å². The Bertz CT molecular complexity index is 226. The van der Waals surface area contributed by atoms with E-state index in [1.54, 1.807) is 6.92 Å². The van der Waals surface area contributed by atoms with Gasteiger partial charge in [0.15, 0.2) is 0 Å². The van der Waals surface area contributed by atoms with E-state index in [2.05, 4.69) is 19.2 Å². The molecular formula is C16H31NO. The number of carbonyl (C=O) groups is 1. The second-order valence-corrected chi connectivity index (χ2v) is 5.96. The lowest BCUT2D eigenvalue weighted by Gasteiger charge is -2.28. The summed E-state index contributed by atoms with van der Waals surface area (Å²) in [7, 11) is 0. The van der Waals surface area contributed by atoms with Crippen LogP contribution >= 0.6 is 0 Å². The first-order valence-corrected chi connectivity index (χ1v) is 7.93. The molecule has 0 aliphatic heterocycles. The summed E-state index contributed by atoms with van der Waals surface area (Å²) in [6.07, 6.45) is 11.3. The second-order valence-electron chi connectivity index (χ2n) is 5.96. The van der Waals surface area contributed by atoms with Gasteiger partial charge in [0.2, 0.25) is 0 Å². The SMILES string of the molecule is CCCC(CC)N[C@H](CC1CCCCC1)C(C)=O. The molecule has 1 aliphatic rings. The number of carbonyl (C=O) groups excluding carboxylic acids is 1. The van der Waals surface area contributed by atoms with E-state index in [0.717, 1.165) is 18.8 Å². The van der Waals surface area contributed by atoms with Crippen LogP contribution in [0.2, 0.25) is 0 Å². The Hall–Kier alpha value is -0.370. The van der Waals surface area contributed by atoms with Gasteiger partial charge in [-0.05, 0) is 32.1 Å². The monoisotopic (exact) mass is 253 g/mol. The molecule has 0 heterocycles. The summed E-state index contributed by atoms with van der Waals surface area (Å²) < 4.78 is 0. The fourth-order valence-electron chi connectivity index (χ4n) is 3.15. The highest BCUT2D eigenvalue weighted by molar-refractivity contribution is 5.81. The van der Waals surface area contributed by atoms with Crippen molar-refractivity contribution in [2.24, 2.45) is 5.92 Å². The average molecular weight is 253 g/mol. The van der Waals surface area contributed by atoms with Crippen molar-refractivity contribution in [3.63, 3.8) is 0 Å². The molecule has 1 N–H and O–H groups in total. The average Bonchev–Trinajstić information content (AvgIpc) is 2.38. The fourth-order valence-corrected chi connectivity index (χ4v) is 3.15. The summed E-state index contributed by atoms with van der Waals surface area (Å²) in [5.74, 6) is 1.11. The van der Waals surface area contributed by atoms with Gasteiger partial charge in [-0.15, -0.1) is 0 Å². The van der Waals surface area contributed by atoms with Crippen LogP contribution in [0.25, 0.3) is 0 Å². The molecule has 1 fully saturated rings. The van der Waals surface area contributed by atoms with Crippen LogP contribution in [0, 0.1) is 5.92 Å². The number of nitrogens with one attached hydrogen (secondary N) is 1. The predicted molar refractivity (Wildman–Crippen MR) is 77.8 cm³/mol. The first-order chi connectivity index (χ1) is 8.67. The van der Waals surface area contributed by atoms with Gasteiger partial charge in [-0.1, -0.05) is 52.4 Å². The quantitative estimate of drug-likeness (QED) is 0.706. The number of Topliss-reactive ketones (excluding diaryl/α,β-unsaturated/α-hetero) is 1. The predicted octanol–water partition coefficient (Wildman–Crippen LogP) is 4.08. The van der Waals surface area contributed by atoms with E-state index in [-0.39, 0.29) is 6.04 Å². The van der Waals surface area contributed by atoms with Crippen LogP contribution in [0.5, 0.6) is 0 Å². The lowest BCUT2D eigenvalue weighted by molar-refractivity contribution is -0.119. The normalized spacial score (nSPS) is 20.6. The van der Waals surface area contributed by atoms with Crippen LogP contribution in [0.3, 0.4) is 0 Å². The van der Waals surface area contributed by atoms with Crippen LogP contribution < -0.4 is 5.32 Å². The summed E-state index contributed by atoms with van der Waals surface area (Å²) in [4.78, 5) is 11.8. The summed E-state index contributed by atoms with van der Waals surface area (Å²) >= 11 is 0. The molecule has 0 saturated heterocycles. The molecular weight excluding hydrogens is 222 g/mol. The minimum Gasteiger partial charge on any atom is -0.305 e. The van der Waals surface area contributed by atoms with Crippen molar-refractivity contribution in [2.45, 2.75) is 90.6 Å². The summed E-state index contributed by atoms with van der Waals surface area (Å²) in [6.45, 7) is 6.18. The van der Waals surface area contributed by atoms with Crippen molar-refractivity contribution in [1.29, 1.82) is 0 Å². The van der Waals surface area contributed by atoms with Gasteiger partial charge in [-0.25, -0.2) is 0 Å². The molecule has 0 aromatic heterocycles. The fraction of sp³-hybridized carbons (Fsp3) is 0.938. The third-order valence-corrected chi connectivity index (χ3v) is 4.35. The topological polar surface area (TPSA) is 29.1 Å². The maximum Gasteiger partial charge on any atom is 0.146 e. The lowest BCUT2D eigenvalue weighted by Crippen LogP contribution is -2.43. The van der Waals surface area contributed by atoms with Crippen molar-refractivity contribution in [1.82, 2.24) is 5.32 Å². The first-order valence-electron chi connectivity index (χ1n) is 7.93. The van der Waals surface area contributed by atoms with Crippen LogP contribution in [0.15, 0.2) is 0 Å². The molecule has 0 aromatic rings. The largest absolute Gasteiger partial charge is 0.305 e. The minimum absolute atomic E-state index is 0.101. The maximum absolute atomic E-state index is 11.8. The Balaban J connectivity index is 2.44. The zero-order valence-electron chi connectivity index (χ0n) is 12.5. The minimum atomic E-state index is 0.101.